The number of aryl methyl sites for hydroxylation is 2. The maximum atomic E-state index is 12.4. The van der Waals surface area contributed by atoms with Gasteiger partial charge in [0.15, 0.2) is 0 Å². The summed E-state index contributed by atoms with van der Waals surface area (Å²) in [6, 6.07) is 7.28. The first kappa shape index (κ1) is 14.3. The molecule has 2 heterocycles. The number of carbonyl (C=O) groups is 2. The zero-order chi connectivity index (χ0) is 15.5. The van der Waals surface area contributed by atoms with Gasteiger partial charge in [0.2, 0.25) is 0 Å². The number of nitrogens with one attached hydrogen (secondary N) is 1. The lowest BCUT2D eigenvalue weighted by atomic mass is 10.1. The van der Waals surface area contributed by atoms with Gasteiger partial charge in [-0.1, -0.05) is 12.1 Å². The van der Waals surface area contributed by atoms with Crippen LogP contribution in [0.3, 0.4) is 0 Å². The number of rotatable bonds is 5. The first-order valence-corrected chi connectivity index (χ1v) is 7.30. The highest BCUT2D eigenvalue weighted by Gasteiger charge is 2.21. The van der Waals surface area contributed by atoms with E-state index in [0.717, 1.165) is 30.6 Å². The Kier molecular flexibility index (Phi) is 3.91. The first-order valence-electron chi connectivity index (χ1n) is 7.30. The normalized spacial score (nSPS) is 12.9. The summed E-state index contributed by atoms with van der Waals surface area (Å²) in [4.78, 5) is 23.0. The van der Waals surface area contributed by atoms with Crippen molar-refractivity contribution in [1.82, 2.24) is 9.78 Å². The maximum Gasteiger partial charge on any atom is 0.303 e. The number of carboxylic acids is 1. The summed E-state index contributed by atoms with van der Waals surface area (Å²) in [5.74, 6) is -0.997. The molecule has 114 valence electrons. The van der Waals surface area contributed by atoms with Gasteiger partial charge in [0.1, 0.15) is 0 Å². The van der Waals surface area contributed by atoms with E-state index in [0.29, 0.717) is 17.7 Å². The Morgan fingerprint density at radius 3 is 3.05 bits per heavy atom. The second kappa shape index (κ2) is 6.01. The molecule has 0 aliphatic carbocycles. The molecule has 1 amide bonds. The SMILES string of the molecule is O=C(O)CCc1cccc(NC(=O)c2cnn3c2CCC3)c1. The number of aliphatic carboxylic acids is 1. The van der Waals surface area contributed by atoms with Crippen molar-refractivity contribution in [1.29, 1.82) is 0 Å². The highest BCUT2D eigenvalue weighted by molar-refractivity contribution is 6.05. The zero-order valence-electron chi connectivity index (χ0n) is 12.1. The minimum absolute atomic E-state index is 0.0777. The van der Waals surface area contributed by atoms with E-state index in [1.54, 1.807) is 12.3 Å². The molecule has 0 saturated carbocycles. The molecule has 0 atom stereocenters. The van der Waals surface area contributed by atoms with Crippen molar-refractivity contribution in [2.45, 2.75) is 32.2 Å². The van der Waals surface area contributed by atoms with E-state index >= 15 is 0 Å². The fourth-order valence-corrected chi connectivity index (χ4v) is 2.71. The summed E-state index contributed by atoms with van der Waals surface area (Å²) < 4.78 is 1.87. The van der Waals surface area contributed by atoms with Gasteiger partial charge in [-0.3, -0.25) is 14.3 Å². The zero-order valence-corrected chi connectivity index (χ0v) is 12.1. The van der Waals surface area contributed by atoms with Crippen molar-refractivity contribution in [3.05, 3.63) is 47.3 Å². The average Bonchev–Trinajstić information content (AvgIpc) is 3.08. The Balaban J connectivity index is 1.71. The van der Waals surface area contributed by atoms with Gasteiger partial charge in [-0.05, 0) is 37.0 Å². The second-order valence-electron chi connectivity index (χ2n) is 5.38. The third kappa shape index (κ3) is 3.00. The molecular weight excluding hydrogens is 282 g/mol. The Morgan fingerprint density at radius 2 is 2.23 bits per heavy atom. The number of hydrogen-bond acceptors (Lipinski definition) is 3. The number of anilines is 1. The van der Waals surface area contributed by atoms with Crippen molar-refractivity contribution in [3.8, 4) is 0 Å². The summed E-state index contributed by atoms with van der Waals surface area (Å²) in [6.45, 7) is 0.868. The van der Waals surface area contributed by atoms with E-state index in [2.05, 4.69) is 10.4 Å². The summed E-state index contributed by atoms with van der Waals surface area (Å²) >= 11 is 0. The fourth-order valence-electron chi connectivity index (χ4n) is 2.71. The van der Waals surface area contributed by atoms with Gasteiger partial charge < -0.3 is 10.4 Å². The van der Waals surface area contributed by atoms with Crippen molar-refractivity contribution in [3.63, 3.8) is 0 Å². The molecule has 0 spiro atoms. The number of carbonyl (C=O) groups excluding carboxylic acids is 1. The van der Waals surface area contributed by atoms with Crippen LogP contribution in [0.5, 0.6) is 0 Å². The quantitative estimate of drug-likeness (QED) is 0.885. The molecule has 0 unspecified atom stereocenters. The van der Waals surface area contributed by atoms with Gasteiger partial charge in [-0.2, -0.15) is 5.10 Å². The molecule has 3 rings (SSSR count). The molecule has 1 aromatic carbocycles. The topological polar surface area (TPSA) is 84.2 Å². The molecule has 0 radical (unpaired) electrons. The summed E-state index contributed by atoms with van der Waals surface area (Å²) in [7, 11) is 0. The first-order chi connectivity index (χ1) is 10.6. The van der Waals surface area contributed by atoms with E-state index < -0.39 is 5.97 Å². The number of carboxylic acid groups (broad SMARTS) is 1. The maximum absolute atomic E-state index is 12.4. The van der Waals surface area contributed by atoms with Crippen LogP contribution >= 0.6 is 0 Å². The minimum Gasteiger partial charge on any atom is -0.481 e. The Morgan fingerprint density at radius 1 is 1.36 bits per heavy atom. The Hall–Kier alpha value is -2.63. The third-order valence-electron chi connectivity index (χ3n) is 3.79. The molecule has 0 saturated heterocycles. The average molecular weight is 299 g/mol. The Bertz CT molecular complexity index is 721. The largest absolute Gasteiger partial charge is 0.481 e. The molecule has 0 bridgehead atoms. The van der Waals surface area contributed by atoms with E-state index in [-0.39, 0.29) is 12.3 Å². The highest BCUT2D eigenvalue weighted by Crippen LogP contribution is 2.20. The lowest BCUT2D eigenvalue weighted by Gasteiger charge is -2.07. The number of fused-ring (bicyclic) bond motifs is 1. The van der Waals surface area contributed by atoms with Crippen LogP contribution < -0.4 is 5.32 Å². The van der Waals surface area contributed by atoms with Crippen LogP contribution in [0.2, 0.25) is 0 Å². The summed E-state index contributed by atoms with van der Waals surface area (Å²) in [5, 5.41) is 15.8. The smallest absolute Gasteiger partial charge is 0.303 e. The fraction of sp³-hybridized carbons (Fsp3) is 0.312. The third-order valence-corrected chi connectivity index (χ3v) is 3.79. The number of benzene rings is 1. The van der Waals surface area contributed by atoms with Crippen molar-refractivity contribution < 1.29 is 14.7 Å². The molecule has 2 N–H and O–H groups in total. The molecule has 6 heteroatoms. The molecule has 22 heavy (non-hydrogen) atoms. The van der Waals surface area contributed by atoms with Gasteiger partial charge in [-0.15, -0.1) is 0 Å². The predicted octanol–water partition coefficient (Wildman–Crippen LogP) is 2.10. The molecule has 2 aromatic rings. The monoisotopic (exact) mass is 299 g/mol. The Labute approximate surface area is 127 Å². The van der Waals surface area contributed by atoms with E-state index in [9.17, 15) is 9.59 Å². The molecule has 0 fully saturated rings. The number of aromatic nitrogens is 2. The van der Waals surface area contributed by atoms with E-state index in [4.69, 9.17) is 5.11 Å². The predicted molar refractivity (Wildman–Crippen MR) is 80.9 cm³/mol. The number of hydrogen-bond donors (Lipinski definition) is 2. The summed E-state index contributed by atoms with van der Waals surface area (Å²) in [6.07, 6.45) is 4.03. The molecular formula is C16H17N3O3. The standard InChI is InChI=1S/C16H17N3O3/c20-15(21)7-6-11-3-1-4-12(9-11)18-16(22)13-10-17-19-8-2-5-14(13)19/h1,3-4,9-10H,2,5-8H2,(H,18,22)(H,20,21). The van der Waals surface area contributed by atoms with Crippen LogP contribution in [0.4, 0.5) is 5.69 Å². The van der Waals surface area contributed by atoms with Crippen LogP contribution in [0.1, 0.15) is 34.5 Å². The lowest BCUT2D eigenvalue weighted by Crippen LogP contribution is -2.13. The van der Waals surface area contributed by atoms with Crippen LogP contribution in [-0.2, 0) is 24.2 Å². The number of nitrogens with zero attached hydrogens (tertiary/aromatic N) is 2. The van der Waals surface area contributed by atoms with Gasteiger partial charge in [0.25, 0.3) is 5.91 Å². The molecule has 6 nitrogen and oxygen atoms in total. The van der Waals surface area contributed by atoms with Gasteiger partial charge in [0.05, 0.1) is 17.5 Å². The highest BCUT2D eigenvalue weighted by atomic mass is 16.4. The molecule has 1 aliphatic rings. The van der Waals surface area contributed by atoms with Crippen molar-refractivity contribution in [2.24, 2.45) is 0 Å². The van der Waals surface area contributed by atoms with Gasteiger partial charge in [-0.25, -0.2) is 0 Å². The van der Waals surface area contributed by atoms with Crippen LogP contribution in [0.15, 0.2) is 30.5 Å². The molecule has 1 aromatic heterocycles. The van der Waals surface area contributed by atoms with Crippen LogP contribution in [0.25, 0.3) is 0 Å². The van der Waals surface area contributed by atoms with Gasteiger partial charge >= 0.3 is 5.97 Å². The van der Waals surface area contributed by atoms with E-state index in [1.807, 2.05) is 22.9 Å². The van der Waals surface area contributed by atoms with Crippen LogP contribution in [-0.4, -0.2) is 26.8 Å². The van der Waals surface area contributed by atoms with Gasteiger partial charge in [0, 0.05) is 18.7 Å². The molecule has 1 aliphatic heterocycles. The van der Waals surface area contributed by atoms with Crippen molar-refractivity contribution >= 4 is 17.6 Å². The summed E-state index contributed by atoms with van der Waals surface area (Å²) in [5.41, 5.74) is 3.17. The lowest BCUT2D eigenvalue weighted by molar-refractivity contribution is -0.136. The second-order valence-corrected chi connectivity index (χ2v) is 5.38. The van der Waals surface area contributed by atoms with Crippen LogP contribution in [0, 0.1) is 0 Å². The van der Waals surface area contributed by atoms with Crippen molar-refractivity contribution in [2.75, 3.05) is 5.32 Å². The minimum atomic E-state index is -0.829. The van der Waals surface area contributed by atoms with E-state index in [1.165, 1.54) is 0 Å². The number of amides is 1.